The smallest absolute Gasteiger partial charge is 0.366 e. The fourth-order valence-electron chi connectivity index (χ4n) is 1.33. The van der Waals surface area contributed by atoms with Crippen molar-refractivity contribution in [3.8, 4) is 11.4 Å². The highest BCUT2D eigenvalue weighted by Gasteiger charge is 2.34. The van der Waals surface area contributed by atoms with Crippen molar-refractivity contribution in [1.82, 2.24) is 15.2 Å². The van der Waals surface area contributed by atoms with Gasteiger partial charge in [-0.15, -0.1) is 5.10 Å². The van der Waals surface area contributed by atoms with Gasteiger partial charge in [-0.2, -0.15) is 18.2 Å². The molecule has 0 atom stereocenters. The third-order valence-corrected chi connectivity index (χ3v) is 1.99. The quantitative estimate of drug-likeness (QED) is 0.785. The molecular formula is C9H7F3N4. The molecule has 0 aliphatic heterocycles. The summed E-state index contributed by atoms with van der Waals surface area (Å²) in [4.78, 5) is 3.67. The summed E-state index contributed by atoms with van der Waals surface area (Å²) in [6, 6.07) is 5.09. The first kappa shape index (κ1) is 10.5. The number of anilines is 1. The van der Waals surface area contributed by atoms with Gasteiger partial charge in [0.15, 0.2) is 5.82 Å². The fourth-order valence-corrected chi connectivity index (χ4v) is 1.33. The van der Waals surface area contributed by atoms with Crippen LogP contribution < -0.4 is 5.73 Å². The van der Waals surface area contributed by atoms with E-state index in [1.807, 2.05) is 0 Å². The summed E-state index contributed by atoms with van der Waals surface area (Å²) in [5.41, 5.74) is 4.40. The van der Waals surface area contributed by atoms with Gasteiger partial charge in [0.25, 0.3) is 0 Å². The Morgan fingerprint density at radius 3 is 2.44 bits per heavy atom. The monoisotopic (exact) mass is 228 g/mol. The van der Waals surface area contributed by atoms with Crippen LogP contribution in [0.2, 0.25) is 0 Å². The lowest BCUT2D eigenvalue weighted by Crippen LogP contribution is -2.07. The van der Waals surface area contributed by atoms with Crippen LogP contribution >= 0.6 is 0 Å². The van der Waals surface area contributed by atoms with E-state index in [9.17, 15) is 13.2 Å². The van der Waals surface area contributed by atoms with Crippen molar-refractivity contribution in [2.24, 2.45) is 0 Å². The van der Waals surface area contributed by atoms with E-state index in [4.69, 9.17) is 5.73 Å². The van der Waals surface area contributed by atoms with E-state index in [2.05, 4.69) is 15.2 Å². The predicted octanol–water partition coefficient (Wildman–Crippen LogP) is 2.07. The number of nitrogens with one attached hydrogen (secondary N) is 1. The van der Waals surface area contributed by atoms with E-state index in [1.54, 1.807) is 0 Å². The number of nitrogens with zero attached hydrogens (tertiary/aromatic N) is 2. The SMILES string of the molecule is Nc1n[nH]c(-c2ccccc2C(F)(F)F)n1. The van der Waals surface area contributed by atoms with Crippen LogP contribution in [0, 0.1) is 0 Å². The van der Waals surface area contributed by atoms with Gasteiger partial charge in [-0.05, 0) is 6.07 Å². The third-order valence-electron chi connectivity index (χ3n) is 1.99. The number of hydrogen-bond acceptors (Lipinski definition) is 3. The highest BCUT2D eigenvalue weighted by Crippen LogP contribution is 2.35. The molecular weight excluding hydrogens is 221 g/mol. The molecule has 2 aromatic rings. The van der Waals surface area contributed by atoms with Gasteiger partial charge in [-0.3, -0.25) is 5.10 Å². The van der Waals surface area contributed by atoms with E-state index in [0.29, 0.717) is 0 Å². The van der Waals surface area contributed by atoms with Gasteiger partial charge in [0.1, 0.15) is 0 Å². The number of aromatic amines is 1. The number of rotatable bonds is 1. The van der Waals surface area contributed by atoms with Gasteiger partial charge in [0.2, 0.25) is 5.95 Å². The van der Waals surface area contributed by atoms with Gasteiger partial charge in [0, 0.05) is 5.56 Å². The van der Waals surface area contributed by atoms with E-state index in [1.165, 1.54) is 18.2 Å². The second-order valence-electron chi connectivity index (χ2n) is 3.09. The molecule has 0 aliphatic carbocycles. The maximum absolute atomic E-state index is 12.6. The molecule has 3 N–H and O–H groups in total. The standard InChI is InChI=1S/C9H7F3N4/c10-9(11,12)6-4-2-1-3-5(6)7-14-8(13)16-15-7/h1-4H,(H3,13,14,15,16). The normalized spacial score (nSPS) is 11.7. The summed E-state index contributed by atoms with van der Waals surface area (Å²) in [6.07, 6.45) is -4.43. The molecule has 1 heterocycles. The summed E-state index contributed by atoms with van der Waals surface area (Å²) < 4.78 is 37.9. The Labute approximate surface area is 88.3 Å². The van der Waals surface area contributed by atoms with Gasteiger partial charge in [0.05, 0.1) is 5.56 Å². The maximum atomic E-state index is 12.6. The van der Waals surface area contributed by atoms with Crippen LogP contribution in [0.3, 0.4) is 0 Å². The molecule has 1 aromatic heterocycles. The largest absolute Gasteiger partial charge is 0.417 e. The Bertz CT molecular complexity index is 503. The molecule has 0 aliphatic rings. The summed E-state index contributed by atoms with van der Waals surface area (Å²) in [5, 5.41) is 5.84. The van der Waals surface area contributed by atoms with E-state index < -0.39 is 11.7 Å². The molecule has 7 heteroatoms. The zero-order valence-electron chi connectivity index (χ0n) is 7.92. The fraction of sp³-hybridized carbons (Fsp3) is 0.111. The number of halogens is 3. The highest BCUT2D eigenvalue weighted by atomic mass is 19.4. The number of nitrogens with two attached hydrogens (primary N) is 1. The van der Waals surface area contributed by atoms with Crippen LogP contribution in [-0.2, 0) is 6.18 Å². The van der Waals surface area contributed by atoms with Crippen LogP contribution in [0.25, 0.3) is 11.4 Å². The van der Waals surface area contributed by atoms with E-state index in [0.717, 1.165) is 6.07 Å². The first-order chi connectivity index (χ1) is 7.48. The van der Waals surface area contributed by atoms with E-state index >= 15 is 0 Å². The summed E-state index contributed by atoms with van der Waals surface area (Å²) in [7, 11) is 0. The molecule has 2 rings (SSSR count). The number of nitrogen functional groups attached to an aromatic ring is 1. The second-order valence-corrected chi connectivity index (χ2v) is 3.09. The van der Waals surface area contributed by atoms with Crippen LogP contribution in [0.4, 0.5) is 19.1 Å². The molecule has 0 saturated carbocycles. The average Bonchev–Trinajstić information content (AvgIpc) is 2.64. The van der Waals surface area contributed by atoms with Gasteiger partial charge in [-0.25, -0.2) is 0 Å². The number of hydrogen-bond donors (Lipinski definition) is 2. The van der Waals surface area contributed by atoms with Crippen molar-refractivity contribution in [2.75, 3.05) is 5.73 Å². The van der Waals surface area contributed by atoms with Crippen molar-refractivity contribution in [2.45, 2.75) is 6.18 Å². The number of alkyl halides is 3. The topological polar surface area (TPSA) is 67.6 Å². The molecule has 0 unspecified atom stereocenters. The molecule has 16 heavy (non-hydrogen) atoms. The minimum atomic E-state index is -4.43. The average molecular weight is 228 g/mol. The van der Waals surface area contributed by atoms with Crippen LogP contribution in [0.5, 0.6) is 0 Å². The molecule has 1 aromatic carbocycles. The first-order valence-corrected chi connectivity index (χ1v) is 4.33. The Kier molecular flexibility index (Phi) is 2.30. The molecule has 0 bridgehead atoms. The van der Waals surface area contributed by atoms with Crippen LogP contribution in [-0.4, -0.2) is 15.2 Å². The lowest BCUT2D eigenvalue weighted by atomic mass is 10.1. The van der Waals surface area contributed by atoms with Crippen LogP contribution in [0.15, 0.2) is 24.3 Å². The lowest BCUT2D eigenvalue weighted by Gasteiger charge is -2.10. The van der Waals surface area contributed by atoms with Crippen molar-refractivity contribution >= 4 is 5.95 Å². The van der Waals surface area contributed by atoms with Crippen molar-refractivity contribution in [1.29, 1.82) is 0 Å². The molecule has 4 nitrogen and oxygen atoms in total. The lowest BCUT2D eigenvalue weighted by molar-refractivity contribution is -0.137. The van der Waals surface area contributed by atoms with Gasteiger partial charge < -0.3 is 5.73 Å². The first-order valence-electron chi connectivity index (χ1n) is 4.33. The van der Waals surface area contributed by atoms with Crippen LogP contribution in [0.1, 0.15) is 5.56 Å². The van der Waals surface area contributed by atoms with Crippen molar-refractivity contribution < 1.29 is 13.2 Å². The molecule has 0 saturated heterocycles. The Balaban J connectivity index is 2.57. The molecule has 0 spiro atoms. The van der Waals surface area contributed by atoms with Gasteiger partial charge in [-0.1, -0.05) is 18.2 Å². The predicted molar refractivity (Wildman–Crippen MR) is 51.2 cm³/mol. The van der Waals surface area contributed by atoms with E-state index in [-0.39, 0.29) is 17.3 Å². The molecule has 84 valence electrons. The third kappa shape index (κ3) is 1.83. The number of benzene rings is 1. The van der Waals surface area contributed by atoms with Gasteiger partial charge >= 0.3 is 6.18 Å². The number of H-pyrrole nitrogens is 1. The minimum Gasteiger partial charge on any atom is -0.366 e. The summed E-state index contributed by atoms with van der Waals surface area (Å²) in [6.45, 7) is 0. The van der Waals surface area contributed by atoms with Crippen molar-refractivity contribution in [3.05, 3.63) is 29.8 Å². The number of aromatic nitrogens is 3. The summed E-state index contributed by atoms with van der Waals surface area (Å²) in [5.74, 6) is -0.0857. The molecule has 0 fully saturated rings. The zero-order chi connectivity index (χ0) is 11.8. The Hall–Kier alpha value is -2.05. The maximum Gasteiger partial charge on any atom is 0.417 e. The minimum absolute atomic E-state index is 0.00502. The summed E-state index contributed by atoms with van der Waals surface area (Å²) >= 11 is 0. The molecule has 0 amide bonds. The highest BCUT2D eigenvalue weighted by molar-refractivity contribution is 5.61. The van der Waals surface area contributed by atoms with Crippen molar-refractivity contribution in [3.63, 3.8) is 0 Å². The Morgan fingerprint density at radius 2 is 1.88 bits per heavy atom. The Morgan fingerprint density at radius 1 is 1.19 bits per heavy atom. The zero-order valence-corrected chi connectivity index (χ0v) is 7.92. The second kappa shape index (κ2) is 3.51. The molecule has 0 radical (unpaired) electrons.